The van der Waals surface area contributed by atoms with E-state index in [0.29, 0.717) is 14.9 Å². The number of hydrogen-bond donors (Lipinski definition) is 1. The topological polar surface area (TPSA) is 49.4 Å². The molecule has 0 radical (unpaired) electrons. The second-order valence-electron chi connectivity index (χ2n) is 6.38. The fourth-order valence-electron chi connectivity index (χ4n) is 2.76. The minimum atomic E-state index is -0.697. The molecule has 1 N–H and O–H groups in total. The minimum Gasteiger partial charge on any atom is -0.324 e. The number of amides is 2. The number of hydrogen-bond acceptors (Lipinski definition) is 4. The molecule has 1 atom stereocenters. The molecular formula is C22H20N2O2S2. The number of carbonyl (C=O) groups excluding carboxylic acids is 2. The van der Waals surface area contributed by atoms with Gasteiger partial charge in [0.15, 0.2) is 0 Å². The Labute approximate surface area is 174 Å². The zero-order chi connectivity index (χ0) is 20.1. The maximum absolute atomic E-state index is 12.8. The quantitative estimate of drug-likeness (QED) is 0.567. The highest BCUT2D eigenvalue weighted by Crippen LogP contribution is 2.33. The van der Waals surface area contributed by atoms with Gasteiger partial charge in [0, 0.05) is 5.69 Å². The van der Waals surface area contributed by atoms with Crippen molar-refractivity contribution in [2.24, 2.45) is 0 Å². The molecule has 28 heavy (non-hydrogen) atoms. The number of para-hydroxylation sites is 1. The molecule has 1 unspecified atom stereocenters. The summed E-state index contributed by atoms with van der Waals surface area (Å²) in [7, 11) is 0. The molecule has 2 aromatic carbocycles. The van der Waals surface area contributed by atoms with Gasteiger partial charge in [-0.05, 0) is 43.2 Å². The highest BCUT2D eigenvalue weighted by molar-refractivity contribution is 8.26. The van der Waals surface area contributed by atoms with E-state index in [1.54, 1.807) is 19.1 Å². The average molecular weight is 409 g/mol. The van der Waals surface area contributed by atoms with Gasteiger partial charge in [0.2, 0.25) is 5.91 Å². The first-order valence-corrected chi connectivity index (χ1v) is 10.0. The molecular weight excluding hydrogens is 388 g/mol. The van der Waals surface area contributed by atoms with Crippen LogP contribution in [0.5, 0.6) is 0 Å². The molecule has 2 amide bonds. The third kappa shape index (κ3) is 4.77. The van der Waals surface area contributed by atoms with Crippen LogP contribution >= 0.6 is 24.0 Å². The Morgan fingerprint density at radius 2 is 1.71 bits per heavy atom. The van der Waals surface area contributed by atoms with Gasteiger partial charge in [-0.2, -0.15) is 0 Å². The van der Waals surface area contributed by atoms with Gasteiger partial charge in [0.1, 0.15) is 10.4 Å². The first-order valence-electron chi connectivity index (χ1n) is 8.82. The van der Waals surface area contributed by atoms with Crippen LogP contribution in [0.2, 0.25) is 0 Å². The summed E-state index contributed by atoms with van der Waals surface area (Å²) in [5.41, 5.74) is 2.68. The van der Waals surface area contributed by atoms with Crippen molar-refractivity contribution in [3.63, 3.8) is 0 Å². The van der Waals surface area contributed by atoms with E-state index in [-0.39, 0.29) is 11.8 Å². The molecule has 1 aliphatic rings. The SMILES string of the molecule is CC(/C=C1\SC(=S)N(C(C)C(=O)Nc2ccccc2)C1=O)=C\c1ccccc1. The largest absolute Gasteiger partial charge is 0.324 e. The van der Waals surface area contributed by atoms with Crippen LogP contribution in [0.3, 0.4) is 0 Å². The van der Waals surface area contributed by atoms with E-state index in [1.807, 2.05) is 67.6 Å². The van der Waals surface area contributed by atoms with E-state index in [1.165, 1.54) is 16.7 Å². The summed E-state index contributed by atoms with van der Waals surface area (Å²) in [6.45, 7) is 3.61. The summed E-state index contributed by atoms with van der Waals surface area (Å²) in [4.78, 5) is 27.3. The molecule has 1 aliphatic heterocycles. The summed E-state index contributed by atoms with van der Waals surface area (Å²) < 4.78 is 0.388. The average Bonchev–Trinajstić information content (AvgIpc) is 2.95. The zero-order valence-corrected chi connectivity index (χ0v) is 17.2. The predicted octanol–water partition coefficient (Wildman–Crippen LogP) is 4.86. The van der Waals surface area contributed by atoms with Gasteiger partial charge >= 0.3 is 0 Å². The molecule has 142 valence electrons. The Morgan fingerprint density at radius 1 is 1.11 bits per heavy atom. The van der Waals surface area contributed by atoms with Crippen LogP contribution in [0.1, 0.15) is 19.4 Å². The summed E-state index contributed by atoms with van der Waals surface area (Å²) >= 11 is 6.59. The fraction of sp³-hybridized carbons (Fsp3) is 0.136. The number of nitrogens with zero attached hydrogens (tertiary/aromatic N) is 1. The fourth-order valence-corrected chi connectivity index (χ4v) is 4.23. The van der Waals surface area contributed by atoms with Gasteiger partial charge in [0.25, 0.3) is 5.91 Å². The smallest absolute Gasteiger partial charge is 0.266 e. The second kappa shape index (κ2) is 8.99. The first kappa shape index (κ1) is 20.0. The lowest BCUT2D eigenvalue weighted by Crippen LogP contribution is -2.44. The van der Waals surface area contributed by atoms with Gasteiger partial charge < -0.3 is 5.32 Å². The van der Waals surface area contributed by atoms with Gasteiger partial charge in [-0.15, -0.1) is 0 Å². The number of carbonyl (C=O) groups is 2. The molecule has 1 heterocycles. The monoisotopic (exact) mass is 408 g/mol. The molecule has 0 aliphatic carbocycles. The van der Waals surface area contributed by atoms with Crippen LogP contribution in [0.15, 0.2) is 77.2 Å². The van der Waals surface area contributed by atoms with E-state index in [9.17, 15) is 9.59 Å². The van der Waals surface area contributed by atoms with Crippen LogP contribution in [-0.4, -0.2) is 27.1 Å². The van der Waals surface area contributed by atoms with E-state index < -0.39 is 6.04 Å². The molecule has 1 fully saturated rings. The highest BCUT2D eigenvalue weighted by Gasteiger charge is 2.38. The lowest BCUT2D eigenvalue weighted by atomic mass is 10.1. The number of thiocarbonyl (C=S) groups is 1. The van der Waals surface area contributed by atoms with Crippen molar-refractivity contribution in [1.82, 2.24) is 4.90 Å². The van der Waals surface area contributed by atoms with Crippen LogP contribution in [0.25, 0.3) is 6.08 Å². The Kier molecular flexibility index (Phi) is 6.44. The highest BCUT2D eigenvalue weighted by atomic mass is 32.2. The Morgan fingerprint density at radius 3 is 2.36 bits per heavy atom. The van der Waals surface area contributed by atoms with Crippen molar-refractivity contribution >= 4 is 51.9 Å². The lowest BCUT2D eigenvalue weighted by molar-refractivity contribution is -0.129. The van der Waals surface area contributed by atoms with Gasteiger partial charge in [-0.3, -0.25) is 14.5 Å². The van der Waals surface area contributed by atoms with Crippen molar-refractivity contribution < 1.29 is 9.59 Å². The number of rotatable bonds is 5. The van der Waals surface area contributed by atoms with Gasteiger partial charge in [0.05, 0.1) is 4.91 Å². The van der Waals surface area contributed by atoms with Gasteiger partial charge in [-0.25, -0.2) is 0 Å². The molecule has 6 heteroatoms. The molecule has 4 nitrogen and oxygen atoms in total. The van der Waals surface area contributed by atoms with Crippen LogP contribution in [-0.2, 0) is 9.59 Å². The molecule has 0 bridgehead atoms. The van der Waals surface area contributed by atoms with Crippen LogP contribution in [0.4, 0.5) is 5.69 Å². The normalized spacial score (nSPS) is 17.1. The molecule has 0 aromatic heterocycles. The summed E-state index contributed by atoms with van der Waals surface area (Å²) in [5, 5.41) is 2.82. The first-order chi connectivity index (χ1) is 13.5. The lowest BCUT2D eigenvalue weighted by Gasteiger charge is -2.22. The van der Waals surface area contributed by atoms with E-state index in [0.717, 1.165) is 11.1 Å². The van der Waals surface area contributed by atoms with Crippen molar-refractivity contribution in [2.75, 3.05) is 5.32 Å². The molecule has 3 rings (SSSR count). The van der Waals surface area contributed by atoms with E-state index in [2.05, 4.69) is 5.32 Å². The van der Waals surface area contributed by atoms with Crippen molar-refractivity contribution in [2.45, 2.75) is 19.9 Å². The Balaban J connectivity index is 1.74. The van der Waals surface area contributed by atoms with Crippen molar-refractivity contribution in [1.29, 1.82) is 0 Å². The number of benzene rings is 2. The standard InChI is InChI=1S/C22H20N2O2S2/c1-15(13-17-9-5-3-6-10-17)14-19-21(26)24(22(27)28-19)16(2)20(25)23-18-11-7-4-8-12-18/h3-14,16H,1-2H3,(H,23,25)/b15-13+,19-14-. The maximum atomic E-state index is 12.8. The molecule has 2 aromatic rings. The summed E-state index contributed by atoms with van der Waals surface area (Å²) in [6.07, 6.45) is 3.81. The van der Waals surface area contributed by atoms with Crippen LogP contribution < -0.4 is 5.32 Å². The van der Waals surface area contributed by atoms with Gasteiger partial charge in [-0.1, -0.05) is 78.6 Å². The Hall–Kier alpha value is -2.70. The molecule has 0 saturated carbocycles. The molecule has 0 spiro atoms. The predicted molar refractivity (Wildman–Crippen MR) is 120 cm³/mol. The van der Waals surface area contributed by atoms with E-state index >= 15 is 0 Å². The van der Waals surface area contributed by atoms with Crippen molar-refractivity contribution in [3.8, 4) is 0 Å². The summed E-state index contributed by atoms with van der Waals surface area (Å²) in [5.74, 6) is -0.521. The Bertz CT molecular complexity index is 953. The minimum absolute atomic E-state index is 0.244. The summed E-state index contributed by atoms with van der Waals surface area (Å²) in [6, 6.07) is 18.3. The van der Waals surface area contributed by atoms with Crippen LogP contribution in [0, 0.1) is 0 Å². The molecule has 1 saturated heterocycles. The maximum Gasteiger partial charge on any atom is 0.266 e. The third-order valence-electron chi connectivity index (χ3n) is 4.18. The van der Waals surface area contributed by atoms with Crippen molar-refractivity contribution in [3.05, 3.63) is 82.8 Å². The zero-order valence-electron chi connectivity index (χ0n) is 15.6. The van der Waals surface area contributed by atoms with E-state index in [4.69, 9.17) is 12.2 Å². The third-order valence-corrected chi connectivity index (χ3v) is 5.51. The number of nitrogens with one attached hydrogen (secondary N) is 1. The number of thioether (sulfide) groups is 1. The number of anilines is 1. The second-order valence-corrected chi connectivity index (χ2v) is 8.06. The number of allylic oxidation sites excluding steroid dienone is 2.